The van der Waals surface area contributed by atoms with Gasteiger partial charge in [0.05, 0.1) is 11.7 Å². The lowest BCUT2D eigenvalue weighted by Gasteiger charge is -2.33. The molecule has 0 N–H and O–H groups in total. The standard InChI is InChI=1S/C15H21N3O2/c1-3-14(19)13-6-4-5-11-18(13)15(20)8-7-12-9-10-16-17(12)2/h7-10,13H,3-6,11H2,1-2H3/b8-7+. The zero-order chi connectivity index (χ0) is 14.5. The highest BCUT2D eigenvalue weighted by atomic mass is 16.2. The van der Waals surface area contributed by atoms with Crippen molar-refractivity contribution in [2.45, 2.75) is 38.6 Å². The van der Waals surface area contributed by atoms with Crippen molar-refractivity contribution in [3.63, 3.8) is 0 Å². The van der Waals surface area contributed by atoms with E-state index in [0.29, 0.717) is 13.0 Å². The molecule has 20 heavy (non-hydrogen) atoms. The Balaban J connectivity index is 2.08. The van der Waals surface area contributed by atoms with E-state index in [0.717, 1.165) is 25.0 Å². The van der Waals surface area contributed by atoms with Crippen molar-refractivity contribution >= 4 is 17.8 Å². The van der Waals surface area contributed by atoms with Gasteiger partial charge in [-0.15, -0.1) is 0 Å². The van der Waals surface area contributed by atoms with Crippen LogP contribution >= 0.6 is 0 Å². The van der Waals surface area contributed by atoms with E-state index in [1.165, 1.54) is 6.08 Å². The molecule has 0 radical (unpaired) electrons. The molecular weight excluding hydrogens is 254 g/mol. The molecule has 0 spiro atoms. The average Bonchev–Trinajstić information content (AvgIpc) is 2.89. The molecule has 1 unspecified atom stereocenters. The fraction of sp³-hybridized carbons (Fsp3) is 0.533. The highest BCUT2D eigenvalue weighted by Gasteiger charge is 2.29. The van der Waals surface area contributed by atoms with Gasteiger partial charge in [0.25, 0.3) is 0 Å². The number of Topliss-reactive ketones (excluding diaryl/α,β-unsaturated/α-hetero) is 1. The van der Waals surface area contributed by atoms with Gasteiger partial charge in [0.15, 0.2) is 5.78 Å². The summed E-state index contributed by atoms with van der Waals surface area (Å²) in [6, 6.07) is 1.60. The van der Waals surface area contributed by atoms with Crippen LogP contribution in [0, 0.1) is 0 Å². The molecule has 0 aliphatic carbocycles. The van der Waals surface area contributed by atoms with Gasteiger partial charge in [0, 0.05) is 32.3 Å². The molecule has 2 heterocycles. The number of carbonyl (C=O) groups excluding carboxylic acids is 2. The van der Waals surface area contributed by atoms with Crippen LogP contribution in [0.15, 0.2) is 18.3 Å². The van der Waals surface area contributed by atoms with E-state index in [1.54, 1.807) is 21.9 Å². The van der Waals surface area contributed by atoms with Crippen LogP contribution in [0.25, 0.3) is 6.08 Å². The highest BCUT2D eigenvalue weighted by molar-refractivity contribution is 5.96. The topological polar surface area (TPSA) is 55.2 Å². The van der Waals surface area contributed by atoms with E-state index >= 15 is 0 Å². The van der Waals surface area contributed by atoms with Gasteiger partial charge in [0.2, 0.25) is 5.91 Å². The maximum absolute atomic E-state index is 12.3. The van der Waals surface area contributed by atoms with E-state index in [2.05, 4.69) is 5.10 Å². The zero-order valence-electron chi connectivity index (χ0n) is 12.1. The number of aromatic nitrogens is 2. The van der Waals surface area contributed by atoms with Crippen LogP contribution in [-0.4, -0.2) is 39.0 Å². The molecule has 1 aromatic heterocycles. The third-order valence-corrected chi connectivity index (χ3v) is 3.76. The smallest absolute Gasteiger partial charge is 0.247 e. The number of hydrogen-bond donors (Lipinski definition) is 0. The maximum atomic E-state index is 12.3. The fourth-order valence-electron chi connectivity index (χ4n) is 2.57. The number of rotatable bonds is 4. The number of likely N-dealkylation sites (tertiary alicyclic amines) is 1. The monoisotopic (exact) mass is 275 g/mol. The number of hydrogen-bond acceptors (Lipinski definition) is 3. The van der Waals surface area contributed by atoms with Gasteiger partial charge in [-0.25, -0.2) is 0 Å². The minimum absolute atomic E-state index is 0.0855. The summed E-state index contributed by atoms with van der Waals surface area (Å²) in [5, 5.41) is 4.05. The van der Waals surface area contributed by atoms with E-state index in [1.807, 2.05) is 20.0 Å². The molecule has 5 heteroatoms. The second-order valence-corrected chi connectivity index (χ2v) is 5.08. The third-order valence-electron chi connectivity index (χ3n) is 3.76. The Hall–Kier alpha value is -1.91. The first kappa shape index (κ1) is 14.5. The van der Waals surface area contributed by atoms with Crippen molar-refractivity contribution in [2.75, 3.05) is 6.54 Å². The molecule has 1 saturated heterocycles. The number of carbonyl (C=O) groups is 2. The van der Waals surface area contributed by atoms with Crippen LogP contribution in [0.3, 0.4) is 0 Å². The number of aryl methyl sites for hydroxylation is 1. The van der Waals surface area contributed by atoms with Crippen molar-refractivity contribution in [3.8, 4) is 0 Å². The van der Waals surface area contributed by atoms with Gasteiger partial charge in [-0.3, -0.25) is 14.3 Å². The summed E-state index contributed by atoms with van der Waals surface area (Å²) in [7, 11) is 1.83. The maximum Gasteiger partial charge on any atom is 0.247 e. The zero-order valence-corrected chi connectivity index (χ0v) is 12.1. The lowest BCUT2D eigenvalue weighted by Crippen LogP contribution is -2.47. The number of nitrogens with zero attached hydrogens (tertiary/aromatic N) is 3. The van der Waals surface area contributed by atoms with E-state index in [-0.39, 0.29) is 17.7 Å². The Labute approximate surface area is 119 Å². The Bertz CT molecular complexity index is 519. The first-order chi connectivity index (χ1) is 9.63. The molecule has 1 aliphatic rings. The minimum atomic E-state index is -0.238. The summed E-state index contributed by atoms with van der Waals surface area (Å²) in [4.78, 5) is 25.9. The molecule has 0 aromatic carbocycles. The van der Waals surface area contributed by atoms with Crippen LogP contribution < -0.4 is 0 Å². The number of piperidine rings is 1. The minimum Gasteiger partial charge on any atom is -0.329 e. The normalized spacial score (nSPS) is 19.5. The van der Waals surface area contributed by atoms with Crippen LogP contribution in [0.2, 0.25) is 0 Å². The van der Waals surface area contributed by atoms with Gasteiger partial charge in [-0.1, -0.05) is 6.92 Å². The Kier molecular flexibility index (Phi) is 4.71. The molecule has 108 valence electrons. The van der Waals surface area contributed by atoms with Crippen LogP contribution in [0.5, 0.6) is 0 Å². The third kappa shape index (κ3) is 3.15. The van der Waals surface area contributed by atoms with E-state index < -0.39 is 0 Å². The van der Waals surface area contributed by atoms with Gasteiger partial charge < -0.3 is 4.90 Å². The van der Waals surface area contributed by atoms with Crippen molar-refractivity contribution in [2.24, 2.45) is 7.05 Å². The Morgan fingerprint density at radius 1 is 1.45 bits per heavy atom. The van der Waals surface area contributed by atoms with Crippen LogP contribution in [0.4, 0.5) is 0 Å². The van der Waals surface area contributed by atoms with Crippen molar-refractivity contribution in [3.05, 3.63) is 24.0 Å². The molecule has 1 aliphatic heterocycles. The molecule has 1 aromatic rings. The molecule has 1 fully saturated rings. The number of ketones is 1. The van der Waals surface area contributed by atoms with Crippen molar-refractivity contribution < 1.29 is 9.59 Å². The van der Waals surface area contributed by atoms with Crippen LogP contribution in [0.1, 0.15) is 38.3 Å². The summed E-state index contributed by atoms with van der Waals surface area (Å²) in [5.41, 5.74) is 0.869. The quantitative estimate of drug-likeness (QED) is 0.787. The summed E-state index contributed by atoms with van der Waals surface area (Å²) in [6.45, 7) is 2.52. The first-order valence-electron chi connectivity index (χ1n) is 7.13. The fourth-order valence-corrected chi connectivity index (χ4v) is 2.57. The molecule has 5 nitrogen and oxygen atoms in total. The SMILES string of the molecule is CCC(=O)C1CCCCN1C(=O)/C=C/c1ccnn1C. The van der Waals surface area contributed by atoms with E-state index in [4.69, 9.17) is 0 Å². The summed E-state index contributed by atoms with van der Waals surface area (Å²) in [6.07, 6.45) is 8.24. The first-order valence-corrected chi connectivity index (χ1v) is 7.13. The van der Waals surface area contributed by atoms with Crippen LogP contribution in [-0.2, 0) is 16.6 Å². The summed E-state index contributed by atoms with van der Waals surface area (Å²) < 4.78 is 1.70. The van der Waals surface area contributed by atoms with Crippen molar-refractivity contribution in [1.29, 1.82) is 0 Å². The predicted molar refractivity (Wildman–Crippen MR) is 76.9 cm³/mol. The molecule has 0 bridgehead atoms. The average molecular weight is 275 g/mol. The summed E-state index contributed by atoms with van der Waals surface area (Å²) in [5.74, 6) is 0.0738. The molecular formula is C15H21N3O2. The van der Waals surface area contributed by atoms with Gasteiger partial charge >= 0.3 is 0 Å². The Morgan fingerprint density at radius 2 is 2.25 bits per heavy atom. The van der Waals surface area contributed by atoms with Gasteiger partial charge in [0.1, 0.15) is 0 Å². The molecule has 1 atom stereocenters. The van der Waals surface area contributed by atoms with E-state index in [9.17, 15) is 9.59 Å². The van der Waals surface area contributed by atoms with Gasteiger partial charge in [-0.05, 0) is 31.4 Å². The molecule has 0 saturated carbocycles. The lowest BCUT2D eigenvalue weighted by atomic mass is 9.97. The Morgan fingerprint density at radius 3 is 2.90 bits per heavy atom. The number of amides is 1. The molecule has 1 amide bonds. The predicted octanol–water partition coefficient (Wildman–Crippen LogP) is 1.79. The van der Waals surface area contributed by atoms with Crippen molar-refractivity contribution in [1.82, 2.24) is 14.7 Å². The second kappa shape index (κ2) is 6.50. The molecule has 2 rings (SSSR count). The second-order valence-electron chi connectivity index (χ2n) is 5.08. The highest BCUT2D eigenvalue weighted by Crippen LogP contribution is 2.19. The largest absolute Gasteiger partial charge is 0.329 e. The lowest BCUT2D eigenvalue weighted by molar-refractivity contribution is -0.137. The summed E-state index contributed by atoms with van der Waals surface area (Å²) >= 11 is 0. The van der Waals surface area contributed by atoms with Gasteiger partial charge in [-0.2, -0.15) is 5.10 Å².